The van der Waals surface area contributed by atoms with E-state index in [0.29, 0.717) is 10.4 Å². The number of rotatable bonds is 6. The lowest BCUT2D eigenvalue weighted by molar-refractivity contribution is -0.141. The standard InChI is InChI=1S/C23H24F2N2O6S/c1-10(26-22(32)33-23(2,3)4)19(29)27-20-16(12-8-11(21(30)31)9-15(12)34-20)18(28)17-13(24)6-5-7-14(17)25/h5-7,10-11H,8-9H2,1-4H3,(H,26,32)(H,27,29)(H,30,31)/t10-,11?/m0/s1. The molecular formula is C23H24F2N2O6S. The highest BCUT2D eigenvalue weighted by atomic mass is 32.1. The highest BCUT2D eigenvalue weighted by Crippen LogP contribution is 2.42. The van der Waals surface area contributed by atoms with Gasteiger partial charge >= 0.3 is 12.1 Å². The predicted octanol–water partition coefficient (Wildman–Crippen LogP) is 3.91. The van der Waals surface area contributed by atoms with Crippen molar-refractivity contribution in [1.29, 1.82) is 0 Å². The minimum atomic E-state index is -1.07. The summed E-state index contributed by atoms with van der Waals surface area (Å²) in [6.07, 6.45) is -0.713. The largest absolute Gasteiger partial charge is 0.481 e. The minimum Gasteiger partial charge on any atom is -0.481 e. The van der Waals surface area contributed by atoms with E-state index in [2.05, 4.69) is 10.6 Å². The summed E-state index contributed by atoms with van der Waals surface area (Å²) in [7, 11) is 0. The molecule has 1 aromatic carbocycles. The molecule has 34 heavy (non-hydrogen) atoms. The smallest absolute Gasteiger partial charge is 0.408 e. The first kappa shape index (κ1) is 25.3. The van der Waals surface area contributed by atoms with Crippen molar-refractivity contribution in [3.8, 4) is 0 Å². The molecule has 11 heteroatoms. The molecule has 1 aliphatic rings. The number of carboxylic acid groups (broad SMARTS) is 1. The van der Waals surface area contributed by atoms with Gasteiger partial charge in [0.15, 0.2) is 0 Å². The van der Waals surface area contributed by atoms with Gasteiger partial charge in [0.25, 0.3) is 0 Å². The van der Waals surface area contributed by atoms with Gasteiger partial charge in [-0.15, -0.1) is 11.3 Å². The summed E-state index contributed by atoms with van der Waals surface area (Å²) in [6.45, 7) is 6.39. The second kappa shape index (κ2) is 9.49. The number of thiophene rings is 1. The molecule has 1 aliphatic carbocycles. The molecule has 3 N–H and O–H groups in total. The lowest BCUT2D eigenvalue weighted by Gasteiger charge is -2.21. The third kappa shape index (κ3) is 5.41. The van der Waals surface area contributed by atoms with Gasteiger partial charge in [0.2, 0.25) is 11.7 Å². The van der Waals surface area contributed by atoms with Crippen LogP contribution < -0.4 is 10.6 Å². The van der Waals surface area contributed by atoms with Gasteiger partial charge in [0.1, 0.15) is 28.3 Å². The average Bonchev–Trinajstić information content (AvgIpc) is 3.23. The monoisotopic (exact) mass is 494 g/mol. The Labute approximate surface area is 198 Å². The number of ether oxygens (including phenoxy) is 1. The quantitative estimate of drug-likeness (QED) is 0.524. The minimum absolute atomic E-state index is 0.0140. The van der Waals surface area contributed by atoms with Gasteiger partial charge < -0.3 is 20.5 Å². The van der Waals surface area contributed by atoms with E-state index in [0.717, 1.165) is 29.5 Å². The third-order valence-corrected chi connectivity index (χ3v) is 6.27. The molecule has 2 atom stereocenters. The van der Waals surface area contributed by atoms with Gasteiger partial charge in [0, 0.05) is 4.88 Å². The second-order valence-electron chi connectivity index (χ2n) is 8.93. The second-order valence-corrected chi connectivity index (χ2v) is 10.0. The van der Waals surface area contributed by atoms with Gasteiger partial charge in [-0.25, -0.2) is 13.6 Å². The van der Waals surface area contributed by atoms with Crippen LogP contribution in [0.2, 0.25) is 0 Å². The molecule has 2 amide bonds. The first-order chi connectivity index (χ1) is 15.8. The van der Waals surface area contributed by atoms with E-state index < -0.39 is 58.5 Å². The fraction of sp³-hybridized carbons (Fsp3) is 0.391. The maximum atomic E-state index is 14.4. The number of halogens is 2. The Morgan fingerprint density at radius 2 is 1.74 bits per heavy atom. The highest BCUT2D eigenvalue weighted by molar-refractivity contribution is 7.17. The highest BCUT2D eigenvalue weighted by Gasteiger charge is 2.37. The number of anilines is 1. The van der Waals surface area contributed by atoms with Crippen LogP contribution in [0.3, 0.4) is 0 Å². The molecule has 0 bridgehead atoms. The SMILES string of the molecule is C[C@H](NC(=O)OC(C)(C)C)C(=O)Nc1sc2c(c1C(=O)c1c(F)cccc1F)CC(C(=O)O)C2. The number of ketones is 1. The number of aliphatic carboxylic acids is 1. The Hall–Kier alpha value is -3.34. The number of hydrogen-bond acceptors (Lipinski definition) is 6. The van der Waals surface area contributed by atoms with E-state index >= 15 is 0 Å². The van der Waals surface area contributed by atoms with Crippen LogP contribution in [0.4, 0.5) is 18.6 Å². The molecule has 0 saturated carbocycles. The first-order valence-electron chi connectivity index (χ1n) is 10.4. The van der Waals surface area contributed by atoms with Crippen molar-refractivity contribution < 1.29 is 37.8 Å². The zero-order valence-corrected chi connectivity index (χ0v) is 19.8. The Morgan fingerprint density at radius 1 is 1.12 bits per heavy atom. The number of benzene rings is 1. The number of hydrogen-bond donors (Lipinski definition) is 3. The van der Waals surface area contributed by atoms with Crippen molar-refractivity contribution in [2.24, 2.45) is 5.92 Å². The van der Waals surface area contributed by atoms with Crippen LogP contribution in [-0.2, 0) is 27.2 Å². The molecule has 2 aromatic rings. The average molecular weight is 495 g/mol. The maximum Gasteiger partial charge on any atom is 0.408 e. The fourth-order valence-electron chi connectivity index (χ4n) is 3.55. The molecule has 0 spiro atoms. The zero-order valence-electron chi connectivity index (χ0n) is 19.0. The van der Waals surface area contributed by atoms with Crippen molar-refractivity contribution >= 4 is 40.1 Å². The van der Waals surface area contributed by atoms with Crippen molar-refractivity contribution in [1.82, 2.24) is 5.32 Å². The number of carbonyl (C=O) groups excluding carboxylic acids is 3. The molecule has 1 unspecified atom stereocenters. The predicted molar refractivity (Wildman–Crippen MR) is 120 cm³/mol. The molecule has 0 radical (unpaired) electrons. The molecule has 1 heterocycles. The molecule has 1 aromatic heterocycles. The van der Waals surface area contributed by atoms with Crippen molar-refractivity contribution in [3.05, 3.63) is 51.4 Å². The maximum absolute atomic E-state index is 14.4. The number of carbonyl (C=O) groups is 4. The summed E-state index contributed by atoms with van der Waals surface area (Å²) in [5, 5.41) is 14.3. The molecule has 0 saturated heterocycles. The van der Waals surface area contributed by atoms with Crippen LogP contribution in [0.5, 0.6) is 0 Å². The van der Waals surface area contributed by atoms with E-state index in [1.54, 1.807) is 20.8 Å². The fourth-order valence-corrected chi connectivity index (χ4v) is 4.86. The van der Waals surface area contributed by atoms with Gasteiger partial charge in [0.05, 0.1) is 17.0 Å². The Balaban J connectivity index is 1.92. The molecule has 182 valence electrons. The normalized spacial score (nSPS) is 15.9. The van der Waals surface area contributed by atoms with Gasteiger partial charge in [-0.3, -0.25) is 14.4 Å². The van der Waals surface area contributed by atoms with Crippen molar-refractivity contribution in [2.75, 3.05) is 5.32 Å². The zero-order chi connectivity index (χ0) is 25.4. The van der Waals surface area contributed by atoms with Crippen LogP contribution in [0.1, 0.15) is 54.1 Å². The molecule has 8 nitrogen and oxygen atoms in total. The first-order valence-corrected chi connectivity index (χ1v) is 11.3. The summed E-state index contributed by atoms with van der Waals surface area (Å²) in [5.41, 5.74) is -1.38. The Bertz CT molecular complexity index is 1150. The summed E-state index contributed by atoms with van der Waals surface area (Å²) in [5.74, 6) is -5.67. The summed E-state index contributed by atoms with van der Waals surface area (Å²) >= 11 is 0.974. The van der Waals surface area contributed by atoms with Crippen LogP contribution in [-0.4, -0.2) is 40.5 Å². The lowest BCUT2D eigenvalue weighted by atomic mass is 9.98. The molecule has 3 rings (SSSR count). The summed E-state index contributed by atoms with van der Waals surface area (Å²) in [6, 6.07) is 1.93. The lowest BCUT2D eigenvalue weighted by Crippen LogP contribution is -2.44. The van der Waals surface area contributed by atoms with E-state index in [9.17, 15) is 33.1 Å². The number of carboxylic acids is 1. The molecule has 0 fully saturated rings. The number of amides is 2. The Kier molecular flexibility index (Phi) is 7.06. The number of fused-ring (bicyclic) bond motifs is 1. The number of nitrogens with one attached hydrogen (secondary N) is 2. The summed E-state index contributed by atoms with van der Waals surface area (Å²) in [4.78, 5) is 49.9. The number of alkyl carbamates (subject to hydrolysis) is 1. The van der Waals surface area contributed by atoms with Gasteiger partial charge in [-0.2, -0.15) is 0 Å². The van der Waals surface area contributed by atoms with Crippen LogP contribution in [0, 0.1) is 17.6 Å². The third-order valence-electron chi connectivity index (χ3n) is 5.10. The van der Waals surface area contributed by atoms with Gasteiger partial charge in [-0.1, -0.05) is 6.07 Å². The van der Waals surface area contributed by atoms with E-state index in [-0.39, 0.29) is 23.4 Å². The molecular weight excluding hydrogens is 470 g/mol. The van der Waals surface area contributed by atoms with E-state index in [1.165, 1.54) is 6.92 Å². The molecule has 0 aliphatic heterocycles. The van der Waals surface area contributed by atoms with Crippen LogP contribution >= 0.6 is 11.3 Å². The van der Waals surface area contributed by atoms with Crippen LogP contribution in [0.25, 0.3) is 0 Å². The van der Waals surface area contributed by atoms with E-state index in [4.69, 9.17) is 4.74 Å². The van der Waals surface area contributed by atoms with Gasteiger partial charge in [-0.05, 0) is 58.2 Å². The summed E-state index contributed by atoms with van der Waals surface area (Å²) < 4.78 is 33.8. The van der Waals surface area contributed by atoms with E-state index in [1.807, 2.05) is 0 Å². The van der Waals surface area contributed by atoms with Crippen molar-refractivity contribution in [3.63, 3.8) is 0 Å². The van der Waals surface area contributed by atoms with Crippen LogP contribution in [0.15, 0.2) is 18.2 Å². The van der Waals surface area contributed by atoms with Crippen molar-refractivity contribution in [2.45, 2.75) is 52.2 Å². The Morgan fingerprint density at radius 3 is 2.29 bits per heavy atom. The topological polar surface area (TPSA) is 122 Å².